The zero-order valence-electron chi connectivity index (χ0n) is 8.74. The van der Waals surface area contributed by atoms with Gasteiger partial charge in [-0.15, -0.1) is 0 Å². The van der Waals surface area contributed by atoms with Gasteiger partial charge < -0.3 is 0 Å². The molecule has 0 amide bonds. The second kappa shape index (κ2) is 3.54. The first kappa shape index (κ1) is 10.2. The van der Waals surface area contributed by atoms with Gasteiger partial charge in [-0.25, -0.2) is 0 Å². The van der Waals surface area contributed by atoms with Crippen LogP contribution >= 0.6 is 11.6 Å². The van der Waals surface area contributed by atoms with E-state index in [0.29, 0.717) is 11.1 Å². The second-order valence-electron chi connectivity index (χ2n) is 3.88. The third-order valence-electron chi connectivity index (χ3n) is 2.97. The lowest BCUT2D eigenvalue weighted by atomic mass is 10.0. The van der Waals surface area contributed by atoms with Crippen LogP contribution in [0.2, 0.25) is 0 Å². The van der Waals surface area contributed by atoms with Gasteiger partial charge >= 0.3 is 0 Å². The molecule has 0 bridgehead atoms. The highest BCUT2D eigenvalue weighted by molar-refractivity contribution is 6.68. The fraction of sp³-hybridized carbons (Fsp3) is 0. The van der Waals surface area contributed by atoms with Gasteiger partial charge in [-0.2, -0.15) is 0 Å². The van der Waals surface area contributed by atoms with Crippen molar-refractivity contribution in [2.24, 2.45) is 0 Å². The van der Waals surface area contributed by atoms with Crippen molar-refractivity contribution in [2.45, 2.75) is 0 Å². The Hall–Kier alpha value is -1.93. The molecule has 3 heteroatoms. The van der Waals surface area contributed by atoms with Gasteiger partial charge in [0.05, 0.1) is 0 Å². The number of carbonyl (C=O) groups excluding carboxylic acids is 2. The highest BCUT2D eigenvalue weighted by Gasteiger charge is 2.29. The third kappa shape index (κ3) is 1.34. The molecule has 1 aliphatic carbocycles. The Labute approximate surface area is 103 Å². The van der Waals surface area contributed by atoms with Crippen LogP contribution in [0.3, 0.4) is 0 Å². The largest absolute Gasteiger partial charge is 0.289 e. The van der Waals surface area contributed by atoms with E-state index in [1.165, 1.54) is 0 Å². The normalized spacial score (nSPS) is 12.2. The van der Waals surface area contributed by atoms with Crippen LogP contribution in [0.5, 0.6) is 0 Å². The fourth-order valence-corrected chi connectivity index (χ4v) is 2.39. The van der Waals surface area contributed by atoms with Crippen LogP contribution in [0.25, 0.3) is 11.1 Å². The molecule has 0 unspecified atom stereocenters. The molecule has 0 saturated heterocycles. The quantitative estimate of drug-likeness (QED) is 0.614. The molecule has 1 aliphatic rings. The van der Waals surface area contributed by atoms with E-state index in [0.717, 1.165) is 11.1 Å². The smallest absolute Gasteiger partial charge is 0.253 e. The van der Waals surface area contributed by atoms with E-state index in [9.17, 15) is 9.59 Å². The standard InChI is InChI=1S/C14H7ClO2/c15-14(17)11-7-3-6-9-8-4-1-2-5-10(8)13(16)12(9)11/h1-7H. The van der Waals surface area contributed by atoms with Crippen molar-refractivity contribution < 1.29 is 9.59 Å². The van der Waals surface area contributed by atoms with Crippen molar-refractivity contribution in [1.29, 1.82) is 0 Å². The number of hydrogen-bond donors (Lipinski definition) is 0. The van der Waals surface area contributed by atoms with Crippen molar-refractivity contribution in [3.05, 3.63) is 59.2 Å². The van der Waals surface area contributed by atoms with Gasteiger partial charge in [0.2, 0.25) is 0 Å². The van der Waals surface area contributed by atoms with Crippen LogP contribution in [-0.4, -0.2) is 11.0 Å². The lowest BCUT2D eigenvalue weighted by Crippen LogP contribution is -2.02. The zero-order chi connectivity index (χ0) is 12.0. The molecule has 0 atom stereocenters. The molecule has 0 spiro atoms. The number of rotatable bonds is 1. The van der Waals surface area contributed by atoms with Crippen LogP contribution in [-0.2, 0) is 0 Å². The van der Waals surface area contributed by atoms with Gasteiger partial charge in [0.25, 0.3) is 5.24 Å². The zero-order valence-corrected chi connectivity index (χ0v) is 9.49. The van der Waals surface area contributed by atoms with Crippen LogP contribution in [0.4, 0.5) is 0 Å². The highest BCUT2D eigenvalue weighted by atomic mass is 35.5. The Morgan fingerprint density at radius 3 is 2.24 bits per heavy atom. The molecule has 82 valence electrons. The van der Waals surface area contributed by atoms with Gasteiger partial charge in [-0.1, -0.05) is 36.4 Å². The van der Waals surface area contributed by atoms with E-state index in [2.05, 4.69) is 0 Å². The van der Waals surface area contributed by atoms with E-state index in [1.807, 2.05) is 24.3 Å². The fourth-order valence-electron chi connectivity index (χ4n) is 2.24. The highest BCUT2D eigenvalue weighted by Crippen LogP contribution is 2.38. The van der Waals surface area contributed by atoms with Gasteiger partial charge in [0.15, 0.2) is 5.78 Å². The maximum Gasteiger partial charge on any atom is 0.253 e. The minimum atomic E-state index is -0.594. The lowest BCUT2D eigenvalue weighted by Gasteiger charge is -2.02. The number of benzene rings is 2. The predicted octanol–water partition coefficient (Wildman–Crippen LogP) is 3.28. The average Bonchev–Trinajstić information content (AvgIpc) is 2.64. The van der Waals surface area contributed by atoms with Crippen LogP contribution in [0.1, 0.15) is 26.3 Å². The molecule has 0 N–H and O–H groups in total. The molecule has 0 aromatic heterocycles. The van der Waals surface area contributed by atoms with Gasteiger partial charge in [-0.05, 0) is 28.8 Å². The van der Waals surface area contributed by atoms with E-state index in [-0.39, 0.29) is 11.3 Å². The Kier molecular flexibility index (Phi) is 2.13. The molecule has 0 aliphatic heterocycles. The first-order chi connectivity index (χ1) is 8.20. The van der Waals surface area contributed by atoms with Gasteiger partial charge in [0.1, 0.15) is 0 Å². The molecule has 2 aromatic carbocycles. The first-order valence-corrected chi connectivity index (χ1v) is 5.55. The molecule has 2 aromatic rings. The molecule has 0 heterocycles. The second-order valence-corrected chi connectivity index (χ2v) is 4.22. The molecule has 0 fully saturated rings. The van der Waals surface area contributed by atoms with E-state index in [4.69, 9.17) is 11.6 Å². The summed E-state index contributed by atoms with van der Waals surface area (Å²) >= 11 is 5.50. The SMILES string of the molecule is O=C(Cl)c1cccc2c1C(=O)c1ccccc1-2. The van der Waals surface area contributed by atoms with E-state index >= 15 is 0 Å². The Balaban J connectivity index is 2.38. The Morgan fingerprint density at radius 1 is 0.882 bits per heavy atom. The average molecular weight is 243 g/mol. The van der Waals surface area contributed by atoms with Crippen molar-refractivity contribution >= 4 is 22.6 Å². The van der Waals surface area contributed by atoms with Crippen molar-refractivity contribution in [3.8, 4) is 11.1 Å². The number of fused-ring (bicyclic) bond motifs is 3. The molecule has 0 saturated carbocycles. The molecular formula is C14H7ClO2. The minimum absolute atomic E-state index is 0.125. The Bertz CT molecular complexity index is 659. The number of hydrogen-bond acceptors (Lipinski definition) is 2. The van der Waals surface area contributed by atoms with Crippen molar-refractivity contribution in [1.82, 2.24) is 0 Å². The van der Waals surface area contributed by atoms with E-state index < -0.39 is 5.24 Å². The summed E-state index contributed by atoms with van der Waals surface area (Å²) < 4.78 is 0. The molecule has 3 rings (SSSR count). The summed E-state index contributed by atoms with van der Waals surface area (Å²) in [5, 5.41) is -0.594. The minimum Gasteiger partial charge on any atom is -0.289 e. The van der Waals surface area contributed by atoms with E-state index in [1.54, 1.807) is 18.2 Å². The predicted molar refractivity (Wildman–Crippen MR) is 65.5 cm³/mol. The number of halogens is 1. The first-order valence-electron chi connectivity index (χ1n) is 5.17. The molecule has 2 nitrogen and oxygen atoms in total. The maximum atomic E-state index is 12.2. The van der Waals surface area contributed by atoms with Gasteiger partial charge in [0, 0.05) is 16.7 Å². The summed E-state index contributed by atoms with van der Waals surface area (Å²) in [6.07, 6.45) is 0. The van der Waals surface area contributed by atoms with Crippen LogP contribution in [0, 0.1) is 0 Å². The topological polar surface area (TPSA) is 34.1 Å². The summed E-state index contributed by atoms with van der Waals surface area (Å²) in [4.78, 5) is 23.5. The Morgan fingerprint density at radius 2 is 1.53 bits per heavy atom. The summed E-state index contributed by atoms with van der Waals surface area (Å²) in [6, 6.07) is 12.5. The molecular weight excluding hydrogens is 236 g/mol. The summed E-state index contributed by atoms with van der Waals surface area (Å²) in [7, 11) is 0. The van der Waals surface area contributed by atoms with Crippen molar-refractivity contribution in [3.63, 3.8) is 0 Å². The molecule has 0 radical (unpaired) electrons. The number of ketones is 1. The summed E-state index contributed by atoms with van der Waals surface area (Å²) in [5.74, 6) is -0.125. The summed E-state index contributed by atoms with van der Waals surface area (Å²) in [5.41, 5.74) is 3.00. The number of carbonyl (C=O) groups is 2. The van der Waals surface area contributed by atoms with Crippen LogP contribution in [0.15, 0.2) is 42.5 Å². The maximum absolute atomic E-state index is 12.2. The monoisotopic (exact) mass is 242 g/mol. The third-order valence-corrected chi connectivity index (χ3v) is 3.17. The van der Waals surface area contributed by atoms with Gasteiger partial charge in [-0.3, -0.25) is 9.59 Å². The van der Waals surface area contributed by atoms with Crippen molar-refractivity contribution in [2.75, 3.05) is 0 Å². The lowest BCUT2D eigenvalue weighted by molar-refractivity contribution is 0.102. The molecule has 17 heavy (non-hydrogen) atoms. The van der Waals surface area contributed by atoms with Crippen LogP contribution < -0.4 is 0 Å². The summed E-state index contributed by atoms with van der Waals surface area (Å²) in [6.45, 7) is 0.